The van der Waals surface area contributed by atoms with E-state index in [2.05, 4.69) is 25.9 Å². The second-order valence-electron chi connectivity index (χ2n) is 3.96. The van der Waals surface area contributed by atoms with Crippen LogP contribution in [-0.4, -0.2) is 9.97 Å². The summed E-state index contributed by atoms with van der Waals surface area (Å²) >= 11 is 15.4. The van der Waals surface area contributed by atoms with Crippen LogP contribution in [0.3, 0.4) is 0 Å². The maximum absolute atomic E-state index is 13.0. The van der Waals surface area contributed by atoms with Gasteiger partial charge in [0.25, 0.3) is 0 Å². The highest BCUT2D eigenvalue weighted by Crippen LogP contribution is 2.25. The monoisotopic (exact) mass is 362 g/mol. The van der Waals surface area contributed by atoms with E-state index in [1.165, 1.54) is 12.1 Å². The molecule has 1 heterocycles. The van der Waals surface area contributed by atoms with Crippen LogP contribution in [0.4, 0.5) is 4.39 Å². The number of nitrogens with zero attached hydrogens (tertiary/aromatic N) is 2. The van der Waals surface area contributed by atoms with Crippen LogP contribution in [0.15, 0.2) is 22.7 Å². The summed E-state index contributed by atoms with van der Waals surface area (Å²) in [5.41, 5.74) is 1.61. The Morgan fingerprint density at radius 1 is 1.26 bits per heavy atom. The van der Waals surface area contributed by atoms with Gasteiger partial charge in [-0.3, -0.25) is 0 Å². The Morgan fingerprint density at radius 3 is 2.63 bits per heavy atom. The number of rotatable bonds is 3. The van der Waals surface area contributed by atoms with Gasteiger partial charge in [-0.25, -0.2) is 14.4 Å². The van der Waals surface area contributed by atoms with E-state index in [1.54, 1.807) is 6.07 Å². The molecule has 2 nitrogen and oxygen atoms in total. The molecule has 0 unspecified atom stereocenters. The molecule has 100 valence electrons. The third-order valence-corrected chi connectivity index (χ3v) is 4.31. The third kappa shape index (κ3) is 3.44. The van der Waals surface area contributed by atoms with E-state index < -0.39 is 0 Å². The Balaban J connectivity index is 2.35. The van der Waals surface area contributed by atoms with Crippen LogP contribution in [0, 0.1) is 5.82 Å². The van der Waals surface area contributed by atoms with Crippen LogP contribution < -0.4 is 0 Å². The van der Waals surface area contributed by atoms with E-state index in [-0.39, 0.29) is 5.82 Å². The summed E-state index contributed by atoms with van der Waals surface area (Å²) in [6, 6.07) is 4.27. The SMILES string of the molecule is CCc1nc(Cc2ccc(F)cc2Cl)nc(Cl)c1Br. The van der Waals surface area contributed by atoms with Gasteiger partial charge in [-0.2, -0.15) is 0 Å². The zero-order valence-electron chi connectivity index (χ0n) is 10.1. The van der Waals surface area contributed by atoms with Crippen molar-refractivity contribution in [2.24, 2.45) is 0 Å². The molecule has 0 bridgehead atoms. The van der Waals surface area contributed by atoms with Crippen molar-refractivity contribution in [1.82, 2.24) is 9.97 Å². The maximum atomic E-state index is 13.0. The lowest BCUT2D eigenvalue weighted by atomic mass is 10.1. The topological polar surface area (TPSA) is 25.8 Å². The summed E-state index contributed by atoms with van der Waals surface area (Å²) in [5, 5.41) is 0.737. The van der Waals surface area contributed by atoms with E-state index in [0.29, 0.717) is 26.9 Å². The van der Waals surface area contributed by atoms with Gasteiger partial charge in [0.1, 0.15) is 16.8 Å². The standard InChI is InChI=1S/C13H10BrCl2FN2/c1-2-10-12(14)13(16)19-11(18-10)5-7-3-4-8(17)6-9(7)15/h3-4,6H,2,5H2,1H3. The van der Waals surface area contributed by atoms with E-state index in [4.69, 9.17) is 23.2 Å². The first-order valence-electron chi connectivity index (χ1n) is 5.66. The predicted octanol–water partition coefficient (Wildman–Crippen LogP) is 4.84. The van der Waals surface area contributed by atoms with Crippen LogP contribution in [0.25, 0.3) is 0 Å². The molecular formula is C13H10BrCl2FN2. The number of aryl methyl sites for hydroxylation is 1. The number of hydrogen-bond donors (Lipinski definition) is 0. The van der Waals surface area contributed by atoms with E-state index in [9.17, 15) is 4.39 Å². The van der Waals surface area contributed by atoms with Crippen molar-refractivity contribution in [3.63, 3.8) is 0 Å². The highest BCUT2D eigenvalue weighted by molar-refractivity contribution is 9.10. The van der Waals surface area contributed by atoms with Gasteiger partial charge in [0.15, 0.2) is 0 Å². The van der Waals surface area contributed by atoms with Gasteiger partial charge in [-0.15, -0.1) is 0 Å². The fraction of sp³-hybridized carbons (Fsp3) is 0.231. The number of aromatic nitrogens is 2. The van der Waals surface area contributed by atoms with Crippen LogP contribution in [0.5, 0.6) is 0 Å². The molecule has 0 N–H and O–H groups in total. The van der Waals surface area contributed by atoms with Gasteiger partial charge in [-0.05, 0) is 40.0 Å². The smallest absolute Gasteiger partial charge is 0.147 e. The number of halogens is 4. The van der Waals surface area contributed by atoms with Crippen molar-refractivity contribution in [3.8, 4) is 0 Å². The van der Waals surface area contributed by atoms with E-state index in [1.807, 2.05) is 6.92 Å². The van der Waals surface area contributed by atoms with Crippen molar-refractivity contribution in [3.05, 3.63) is 55.7 Å². The molecule has 1 aromatic heterocycles. The van der Waals surface area contributed by atoms with Gasteiger partial charge in [0, 0.05) is 11.4 Å². The molecular weight excluding hydrogens is 354 g/mol. The summed E-state index contributed by atoms with van der Waals surface area (Å²) in [7, 11) is 0. The molecule has 0 radical (unpaired) electrons. The fourth-order valence-electron chi connectivity index (χ4n) is 1.66. The lowest BCUT2D eigenvalue weighted by Gasteiger charge is -2.08. The van der Waals surface area contributed by atoms with Crippen molar-refractivity contribution >= 4 is 39.1 Å². The lowest BCUT2D eigenvalue weighted by Crippen LogP contribution is -2.02. The molecule has 2 aromatic rings. The molecule has 0 aliphatic carbocycles. The largest absolute Gasteiger partial charge is 0.236 e. The molecule has 0 atom stereocenters. The van der Waals surface area contributed by atoms with E-state index >= 15 is 0 Å². The lowest BCUT2D eigenvalue weighted by molar-refractivity contribution is 0.627. The van der Waals surface area contributed by atoms with Gasteiger partial charge in [0.05, 0.1) is 10.2 Å². The Kier molecular flexibility index (Phi) is 4.76. The molecule has 2 rings (SSSR count). The van der Waals surface area contributed by atoms with Gasteiger partial charge >= 0.3 is 0 Å². The minimum absolute atomic E-state index is 0.362. The Morgan fingerprint density at radius 2 is 2.00 bits per heavy atom. The van der Waals surface area contributed by atoms with Crippen LogP contribution in [0.1, 0.15) is 24.0 Å². The molecule has 19 heavy (non-hydrogen) atoms. The molecule has 0 amide bonds. The predicted molar refractivity (Wildman–Crippen MR) is 78.3 cm³/mol. The molecule has 0 aliphatic rings. The minimum atomic E-state index is -0.363. The first kappa shape index (κ1) is 14.7. The average Bonchev–Trinajstić information content (AvgIpc) is 2.37. The first-order valence-corrected chi connectivity index (χ1v) is 7.21. The Bertz CT molecular complexity index is 620. The van der Waals surface area contributed by atoms with Crippen molar-refractivity contribution in [1.29, 1.82) is 0 Å². The van der Waals surface area contributed by atoms with Crippen LogP contribution >= 0.6 is 39.1 Å². The van der Waals surface area contributed by atoms with Gasteiger partial charge in [0.2, 0.25) is 0 Å². The molecule has 0 fully saturated rings. The van der Waals surface area contributed by atoms with Crippen LogP contribution in [0.2, 0.25) is 10.2 Å². The second-order valence-corrected chi connectivity index (χ2v) is 5.52. The normalized spacial score (nSPS) is 10.8. The molecule has 0 aliphatic heterocycles. The van der Waals surface area contributed by atoms with E-state index in [0.717, 1.165) is 17.7 Å². The molecule has 0 saturated heterocycles. The van der Waals surface area contributed by atoms with Crippen LogP contribution in [-0.2, 0) is 12.8 Å². The molecule has 6 heteroatoms. The Labute approximate surface area is 129 Å². The highest BCUT2D eigenvalue weighted by atomic mass is 79.9. The summed E-state index contributed by atoms with van der Waals surface area (Å²) in [6.45, 7) is 1.98. The van der Waals surface area contributed by atoms with Crippen molar-refractivity contribution < 1.29 is 4.39 Å². The first-order chi connectivity index (χ1) is 9.01. The summed E-state index contributed by atoms with van der Waals surface area (Å²) in [4.78, 5) is 8.61. The fourth-order valence-corrected chi connectivity index (χ4v) is 2.56. The maximum Gasteiger partial charge on any atom is 0.147 e. The zero-order valence-corrected chi connectivity index (χ0v) is 13.2. The summed E-state index contributed by atoms with van der Waals surface area (Å²) < 4.78 is 13.7. The highest BCUT2D eigenvalue weighted by Gasteiger charge is 2.11. The second kappa shape index (κ2) is 6.16. The van der Waals surface area contributed by atoms with Gasteiger partial charge < -0.3 is 0 Å². The Hall–Kier alpha value is -0.710. The summed E-state index contributed by atoms with van der Waals surface area (Å²) in [5.74, 6) is 0.205. The molecule has 0 saturated carbocycles. The van der Waals surface area contributed by atoms with Gasteiger partial charge in [-0.1, -0.05) is 36.2 Å². The quantitative estimate of drug-likeness (QED) is 0.729. The average molecular weight is 364 g/mol. The van der Waals surface area contributed by atoms with Crippen molar-refractivity contribution in [2.75, 3.05) is 0 Å². The number of benzene rings is 1. The zero-order chi connectivity index (χ0) is 14.0. The minimum Gasteiger partial charge on any atom is -0.236 e. The third-order valence-electron chi connectivity index (χ3n) is 2.62. The molecule has 0 spiro atoms. The molecule has 1 aromatic carbocycles. The number of hydrogen-bond acceptors (Lipinski definition) is 2. The summed E-state index contributed by atoms with van der Waals surface area (Å²) in [6.07, 6.45) is 1.16. The van der Waals surface area contributed by atoms with Crippen molar-refractivity contribution in [2.45, 2.75) is 19.8 Å².